The summed E-state index contributed by atoms with van der Waals surface area (Å²) in [4.78, 5) is 13.7. The molecule has 0 unspecified atom stereocenters. The highest BCUT2D eigenvalue weighted by Gasteiger charge is 2.33. The van der Waals surface area contributed by atoms with Crippen LogP contribution in [0.3, 0.4) is 0 Å². The van der Waals surface area contributed by atoms with Crippen molar-refractivity contribution < 1.29 is 9.90 Å². The predicted molar refractivity (Wildman–Crippen MR) is 62.4 cm³/mol. The van der Waals surface area contributed by atoms with E-state index in [-0.39, 0.29) is 5.91 Å². The molecule has 0 aromatic carbocycles. The fourth-order valence-electron chi connectivity index (χ4n) is 2.02. The van der Waals surface area contributed by atoms with Crippen molar-refractivity contribution in [3.05, 3.63) is 0 Å². The predicted octanol–water partition coefficient (Wildman–Crippen LogP) is -0.151. The van der Waals surface area contributed by atoms with Crippen LogP contribution >= 0.6 is 0 Å². The SMILES string of the molecule is CC1(O)CCN(CC(C)(C)C(=O)NN)CC1. The molecular formula is C11H23N3O2. The molecule has 0 aliphatic carbocycles. The fourth-order valence-corrected chi connectivity index (χ4v) is 2.02. The van der Waals surface area contributed by atoms with Crippen molar-refractivity contribution in [2.45, 2.75) is 39.2 Å². The molecule has 0 spiro atoms. The van der Waals surface area contributed by atoms with Gasteiger partial charge in [0.2, 0.25) is 5.91 Å². The third-order valence-electron chi connectivity index (χ3n) is 3.30. The van der Waals surface area contributed by atoms with Crippen LogP contribution in [0.25, 0.3) is 0 Å². The molecule has 1 aliphatic heterocycles. The average Bonchev–Trinajstić information content (AvgIpc) is 2.20. The second kappa shape index (κ2) is 4.69. The summed E-state index contributed by atoms with van der Waals surface area (Å²) in [6.07, 6.45) is 1.51. The van der Waals surface area contributed by atoms with Gasteiger partial charge < -0.3 is 10.0 Å². The number of nitrogens with zero attached hydrogens (tertiary/aromatic N) is 1. The number of carbonyl (C=O) groups is 1. The zero-order valence-corrected chi connectivity index (χ0v) is 10.4. The van der Waals surface area contributed by atoms with Crippen LogP contribution in [-0.4, -0.2) is 41.1 Å². The Morgan fingerprint density at radius 2 is 2.00 bits per heavy atom. The first-order valence-corrected chi connectivity index (χ1v) is 5.73. The summed E-state index contributed by atoms with van der Waals surface area (Å²) in [5.41, 5.74) is 1.16. The molecule has 0 radical (unpaired) electrons. The smallest absolute Gasteiger partial charge is 0.240 e. The Morgan fingerprint density at radius 1 is 1.50 bits per heavy atom. The number of piperidine rings is 1. The number of hydrogen-bond donors (Lipinski definition) is 3. The molecule has 1 rings (SSSR count). The number of hydrogen-bond acceptors (Lipinski definition) is 4. The summed E-state index contributed by atoms with van der Waals surface area (Å²) >= 11 is 0. The molecule has 1 aliphatic rings. The lowest BCUT2D eigenvalue weighted by molar-refractivity contribution is -0.131. The number of rotatable bonds is 3. The molecule has 16 heavy (non-hydrogen) atoms. The van der Waals surface area contributed by atoms with Crippen molar-refractivity contribution >= 4 is 5.91 Å². The van der Waals surface area contributed by atoms with Crippen LogP contribution in [0.4, 0.5) is 0 Å². The Balaban J connectivity index is 2.47. The standard InChI is InChI=1S/C11H23N3O2/c1-10(2,9(15)13-12)8-14-6-4-11(3,16)5-7-14/h16H,4-8,12H2,1-3H3,(H,13,15). The molecule has 0 aromatic rings. The molecule has 1 fully saturated rings. The molecule has 94 valence electrons. The van der Waals surface area contributed by atoms with Crippen LogP contribution in [0.1, 0.15) is 33.6 Å². The highest BCUT2D eigenvalue weighted by molar-refractivity contribution is 5.81. The first-order valence-electron chi connectivity index (χ1n) is 5.73. The van der Waals surface area contributed by atoms with Crippen molar-refractivity contribution in [2.75, 3.05) is 19.6 Å². The zero-order chi connectivity index (χ0) is 12.4. The second-order valence-corrected chi connectivity index (χ2v) is 5.63. The Morgan fingerprint density at radius 3 is 2.44 bits per heavy atom. The molecule has 5 heteroatoms. The lowest BCUT2D eigenvalue weighted by Gasteiger charge is -2.39. The van der Waals surface area contributed by atoms with Gasteiger partial charge in [-0.25, -0.2) is 5.84 Å². The molecule has 1 saturated heterocycles. The van der Waals surface area contributed by atoms with Crippen LogP contribution in [0.2, 0.25) is 0 Å². The maximum absolute atomic E-state index is 11.5. The van der Waals surface area contributed by atoms with Crippen LogP contribution in [0.15, 0.2) is 0 Å². The van der Waals surface area contributed by atoms with Gasteiger partial charge in [-0.3, -0.25) is 10.2 Å². The lowest BCUT2D eigenvalue weighted by Crippen LogP contribution is -2.50. The van der Waals surface area contributed by atoms with E-state index in [1.54, 1.807) is 0 Å². The van der Waals surface area contributed by atoms with Crippen LogP contribution in [-0.2, 0) is 4.79 Å². The van der Waals surface area contributed by atoms with E-state index < -0.39 is 11.0 Å². The first-order chi connectivity index (χ1) is 7.27. The van der Waals surface area contributed by atoms with Gasteiger partial charge >= 0.3 is 0 Å². The zero-order valence-electron chi connectivity index (χ0n) is 10.4. The summed E-state index contributed by atoms with van der Waals surface area (Å²) in [6, 6.07) is 0. The number of carbonyl (C=O) groups excluding carboxylic acids is 1. The van der Waals surface area contributed by atoms with Gasteiger partial charge in [-0.1, -0.05) is 0 Å². The normalized spacial score (nSPS) is 21.8. The van der Waals surface area contributed by atoms with Crippen molar-refractivity contribution in [1.82, 2.24) is 10.3 Å². The van der Waals surface area contributed by atoms with Gasteiger partial charge in [-0.15, -0.1) is 0 Å². The number of nitrogens with two attached hydrogens (primary N) is 1. The molecule has 1 heterocycles. The van der Waals surface area contributed by atoms with Crippen molar-refractivity contribution in [3.8, 4) is 0 Å². The van der Waals surface area contributed by atoms with Crippen LogP contribution < -0.4 is 11.3 Å². The van der Waals surface area contributed by atoms with E-state index in [0.29, 0.717) is 6.54 Å². The van der Waals surface area contributed by atoms with E-state index in [2.05, 4.69) is 10.3 Å². The monoisotopic (exact) mass is 229 g/mol. The Hall–Kier alpha value is -0.650. The van der Waals surface area contributed by atoms with Gasteiger partial charge in [0.05, 0.1) is 11.0 Å². The van der Waals surface area contributed by atoms with Gasteiger partial charge in [0, 0.05) is 19.6 Å². The van der Waals surface area contributed by atoms with E-state index in [1.807, 2.05) is 20.8 Å². The molecule has 5 nitrogen and oxygen atoms in total. The number of likely N-dealkylation sites (tertiary alicyclic amines) is 1. The topological polar surface area (TPSA) is 78.6 Å². The van der Waals surface area contributed by atoms with Gasteiger partial charge in [0.15, 0.2) is 0 Å². The Bertz CT molecular complexity index is 254. The minimum Gasteiger partial charge on any atom is -0.390 e. The fraction of sp³-hybridized carbons (Fsp3) is 0.909. The van der Waals surface area contributed by atoms with Gasteiger partial charge in [0.25, 0.3) is 0 Å². The minimum absolute atomic E-state index is 0.148. The molecule has 0 bridgehead atoms. The minimum atomic E-state index is -0.545. The quantitative estimate of drug-likeness (QED) is 0.357. The second-order valence-electron chi connectivity index (χ2n) is 5.63. The number of amides is 1. The number of hydrazine groups is 1. The summed E-state index contributed by atoms with van der Waals surface area (Å²) in [5, 5.41) is 9.82. The summed E-state index contributed by atoms with van der Waals surface area (Å²) < 4.78 is 0. The van der Waals surface area contributed by atoms with Crippen LogP contribution in [0.5, 0.6) is 0 Å². The molecule has 1 amide bonds. The molecule has 4 N–H and O–H groups in total. The maximum atomic E-state index is 11.5. The first kappa shape index (κ1) is 13.4. The average molecular weight is 229 g/mol. The third-order valence-corrected chi connectivity index (χ3v) is 3.30. The molecule has 0 atom stereocenters. The molecule has 0 saturated carbocycles. The Labute approximate surface area is 97.0 Å². The van der Waals surface area contributed by atoms with Crippen molar-refractivity contribution in [2.24, 2.45) is 11.3 Å². The van der Waals surface area contributed by atoms with E-state index in [0.717, 1.165) is 25.9 Å². The largest absolute Gasteiger partial charge is 0.390 e. The van der Waals surface area contributed by atoms with Crippen LogP contribution in [0, 0.1) is 5.41 Å². The lowest BCUT2D eigenvalue weighted by atomic mass is 9.88. The number of aliphatic hydroxyl groups is 1. The van der Waals surface area contributed by atoms with E-state index in [1.165, 1.54) is 0 Å². The summed E-state index contributed by atoms with van der Waals surface area (Å²) in [7, 11) is 0. The van der Waals surface area contributed by atoms with Gasteiger partial charge in [-0.2, -0.15) is 0 Å². The Kier molecular flexibility index (Phi) is 3.93. The van der Waals surface area contributed by atoms with Crippen molar-refractivity contribution in [1.29, 1.82) is 0 Å². The van der Waals surface area contributed by atoms with E-state index in [9.17, 15) is 9.90 Å². The summed E-state index contributed by atoms with van der Waals surface area (Å²) in [6.45, 7) is 7.95. The molecule has 0 aromatic heterocycles. The highest BCUT2D eigenvalue weighted by Crippen LogP contribution is 2.24. The summed E-state index contributed by atoms with van der Waals surface area (Å²) in [5.74, 6) is 5.00. The van der Waals surface area contributed by atoms with Gasteiger partial charge in [0.1, 0.15) is 0 Å². The van der Waals surface area contributed by atoms with Gasteiger partial charge in [-0.05, 0) is 33.6 Å². The number of nitrogens with one attached hydrogen (secondary N) is 1. The highest BCUT2D eigenvalue weighted by atomic mass is 16.3. The van der Waals surface area contributed by atoms with E-state index >= 15 is 0 Å². The maximum Gasteiger partial charge on any atom is 0.240 e. The van der Waals surface area contributed by atoms with Crippen molar-refractivity contribution in [3.63, 3.8) is 0 Å². The third kappa shape index (κ3) is 3.43. The molecular weight excluding hydrogens is 206 g/mol. The van der Waals surface area contributed by atoms with E-state index in [4.69, 9.17) is 5.84 Å².